The summed E-state index contributed by atoms with van der Waals surface area (Å²) >= 11 is 0. The molecule has 28 heavy (non-hydrogen) atoms. The van der Waals surface area contributed by atoms with Gasteiger partial charge in [0.1, 0.15) is 24.4 Å². The lowest BCUT2D eigenvalue weighted by Gasteiger charge is -2.46. The van der Waals surface area contributed by atoms with Gasteiger partial charge in [0.25, 0.3) is 0 Å². The van der Waals surface area contributed by atoms with Gasteiger partial charge in [0.15, 0.2) is 0 Å². The van der Waals surface area contributed by atoms with Crippen molar-refractivity contribution >= 4 is 0 Å². The first-order chi connectivity index (χ1) is 13.5. The summed E-state index contributed by atoms with van der Waals surface area (Å²) in [5.74, 6) is -1.59. The highest BCUT2D eigenvalue weighted by atomic mass is 16.7. The van der Waals surface area contributed by atoms with Crippen LogP contribution in [0.2, 0.25) is 0 Å². The monoisotopic (exact) mass is 386 g/mol. The minimum atomic E-state index is -1.59. The highest BCUT2D eigenvalue weighted by Gasteiger charge is 2.58. The maximum absolute atomic E-state index is 10.7. The average Bonchev–Trinajstić information content (AvgIpc) is 3.08. The number of hydrogen-bond donors (Lipinski definition) is 4. The average molecular weight is 386 g/mol. The zero-order chi connectivity index (χ0) is 19.9. The Kier molecular flexibility index (Phi) is 5.26. The summed E-state index contributed by atoms with van der Waals surface area (Å²) in [5, 5.41) is 40.5. The van der Waals surface area contributed by atoms with E-state index < -0.39 is 36.8 Å². The number of aliphatic hydroxyl groups excluding tert-OH is 4. The van der Waals surface area contributed by atoms with E-state index in [4.69, 9.17) is 9.47 Å². The van der Waals surface area contributed by atoms with Gasteiger partial charge in [0.2, 0.25) is 5.79 Å². The largest absolute Gasteiger partial charge is 0.394 e. The van der Waals surface area contributed by atoms with Crippen molar-refractivity contribution in [3.8, 4) is 0 Å². The zero-order valence-corrected chi connectivity index (χ0v) is 15.8. The van der Waals surface area contributed by atoms with Crippen LogP contribution in [0.1, 0.15) is 34.7 Å². The molecule has 4 N–H and O–H groups in total. The van der Waals surface area contributed by atoms with Crippen LogP contribution in [0.5, 0.6) is 0 Å². The molecule has 4 rings (SSSR count). The van der Waals surface area contributed by atoms with Crippen LogP contribution in [-0.4, -0.2) is 51.4 Å². The Morgan fingerprint density at radius 3 is 2.32 bits per heavy atom. The molecule has 2 aliphatic rings. The van der Waals surface area contributed by atoms with Gasteiger partial charge in [-0.25, -0.2) is 0 Å². The Balaban J connectivity index is 1.66. The van der Waals surface area contributed by atoms with E-state index in [1.807, 2.05) is 18.2 Å². The minimum Gasteiger partial charge on any atom is -0.394 e. The number of hydrogen-bond acceptors (Lipinski definition) is 6. The van der Waals surface area contributed by atoms with Crippen molar-refractivity contribution in [1.29, 1.82) is 0 Å². The van der Waals surface area contributed by atoms with Gasteiger partial charge in [-0.05, 0) is 41.2 Å². The van der Waals surface area contributed by atoms with Crippen molar-refractivity contribution in [3.05, 3.63) is 70.3 Å². The molecule has 1 fully saturated rings. The Morgan fingerprint density at radius 2 is 1.64 bits per heavy atom. The van der Waals surface area contributed by atoms with Gasteiger partial charge in [-0.3, -0.25) is 0 Å². The first-order valence-corrected chi connectivity index (χ1v) is 9.65. The summed E-state index contributed by atoms with van der Waals surface area (Å²) in [4.78, 5) is 0. The number of fused-ring (bicyclic) bond motifs is 2. The second-order valence-corrected chi connectivity index (χ2v) is 7.56. The van der Waals surface area contributed by atoms with Crippen LogP contribution in [0.3, 0.4) is 0 Å². The molecular weight excluding hydrogens is 360 g/mol. The molecule has 0 radical (unpaired) electrons. The van der Waals surface area contributed by atoms with Gasteiger partial charge in [-0.1, -0.05) is 43.3 Å². The van der Waals surface area contributed by atoms with Gasteiger partial charge < -0.3 is 29.9 Å². The van der Waals surface area contributed by atoms with Crippen molar-refractivity contribution in [3.63, 3.8) is 0 Å². The predicted molar refractivity (Wildman–Crippen MR) is 102 cm³/mol. The molecule has 0 aliphatic carbocycles. The fraction of sp³-hybridized carbons (Fsp3) is 0.455. The van der Waals surface area contributed by atoms with Crippen LogP contribution < -0.4 is 0 Å². The van der Waals surface area contributed by atoms with Crippen LogP contribution in [-0.2, 0) is 34.7 Å². The third-order valence-corrected chi connectivity index (χ3v) is 5.78. The summed E-state index contributed by atoms with van der Waals surface area (Å²) in [7, 11) is 0. The van der Waals surface area contributed by atoms with Gasteiger partial charge in [0, 0.05) is 5.56 Å². The molecule has 2 aromatic carbocycles. The second kappa shape index (κ2) is 7.55. The summed E-state index contributed by atoms with van der Waals surface area (Å²) < 4.78 is 11.6. The number of benzene rings is 2. The lowest BCUT2D eigenvalue weighted by Crippen LogP contribution is -2.63. The predicted octanol–water partition coefficient (Wildman–Crippen LogP) is 0.997. The molecule has 0 bridgehead atoms. The van der Waals surface area contributed by atoms with E-state index in [0.717, 1.165) is 17.5 Å². The van der Waals surface area contributed by atoms with E-state index in [-0.39, 0.29) is 6.61 Å². The first kappa shape index (κ1) is 19.5. The van der Waals surface area contributed by atoms with Crippen LogP contribution >= 0.6 is 0 Å². The van der Waals surface area contributed by atoms with Gasteiger partial charge in [0.05, 0.1) is 13.2 Å². The Labute approximate surface area is 164 Å². The van der Waals surface area contributed by atoms with Crippen molar-refractivity contribution in [2.75, 3.05) is 6.61 Å². The van der Waals surface area contributed by atoms with Crippen molar-refractivity contribution in [2.45, 2.75) is 56.6 Å². The number of aliphatic hydroxyl groups is 4. The molecule has 2 aromatic rings. The fourth-order valence-electron chi connectivity index (χ4n) is 4.06. The van der Waals surface area contributed by atoms with Crippen molar-refractivity contribution < 1.29 is 29.9 Å². The summed E-state index contributed by atoms with van der Waals surface area (Å²) in [5.41, 5.74) is 4.95. The molecule has 150 valence electrons. The molecule has 6 nitrogen and oxygen atoms in total. The SMILES string of the molecule is CCc1ccc(Cc2ccc3c(c2)[C@@]2(OC3)O[C@H](CO)[C@@H](O)C(O)C2O)cc1. The quantitative estimate of drug-likeness (QED) is 0.626. The molecule has 1 spiro atoms. The highest BCUT2D eigenvalue weighted by Crippen LogP contribution is 2.46. The molecule has 2 heterocycles. The van der Waals surface area contributed by atoms with E-state index in [9.17, 15) is 20.4 Å². The fourth-order valence-corrected chi connectivity index (χ4v) is 4.06. The molecule has 1 saturated heterocycles. The van der Waals surface area contributed by atoms with E-state index in [2.05, 4.69) is 31.2 Å². The maximum atomic E-state index is 10.7. The molecule has 0 saturated carbocycles. The number of aryl methyl sites for hydroxylation is 1. The summed E-state index contributed by atoms with van der Waals surface area (Å²) in [6.45, 7) is 1.85. The lowest BCUT2D eigenvalue weighted by molar-refractivity contribution is -0.368. The topological polar surface area (TPSA) is 99.4 Å². The Morgan fingerprint density at radius 1 is 0.964 bits per heavy atom. The van der Waals surface area contributed by atoms with Gasteiger partial charge >= 0.3 is 0 Å². The minimum absolute atomic E-state index is 0.221. The third kappa shape index (κ3) is 3.16. The Hall–Kier alpha value is -1.80. The molecule has 2 aliphatic heterocycles. The van der Waals surface area contributed by atoms with Crippen molar-refractivity contribution in [1.82, 2.24) is 0 Å². The second-order valence-electron chi connectivity index (χ2n) is 7.56. The zero-order valence-electron chi connectivity index (χ0n) is 15.8. The van der Waals surface area contributed by atoms with Crippen molar-refractivity contribution in [2.24, 2.45) is 0 Å². The van der Waals surface area contributed by atoms with Crippen LogP contribution in [0.15, 0.2) is 42.5 Å². The number of ether oxygens (including phenoxy) is 2. The molecule has 6 heteroatoms. The first-order valence-electron chi connectivity index (χ1n) is 9.65. The smallest absolute Gasteiger partial charge is 0.225 e. The number of rotatable bonds is 4. The van der Waals surface area contributed by atoms with Crippen LogP contribution in [0.25, 0.3) is 0 Å². The van der Waals surface area contributed by atoms with Gasteiger partial charge in [-0.2, -0.15) is 0 Å². The highest BCUT2D eigenvalue weighted by molar-refractivity contribution is 5.41. The molecular formula is C22H26O6. The van der Waals surface area contributed by atoms with E-state index in [0.29, 0.717) is 12.0 Å². The lowest BCUT2D eigenvalue weighted by atomic mass is 9.86. The van der Waals surface area contributed by atoms with E-state index >= 15 is 0 Å². The van der Waals surface area contributed by atoms with Crippen LogP contribution in [0.4, 0.5) is 0 Å². The maximum Gasteiger partial charge on any atom is 0.225 e. The normalized spacial score (nSPS) is 31.9. The van der Waals surface area contributed by atoms with Gasteiger partial charge in [-0.15, -0.1) is 0 Å². The standard InChI is InChI=1S/C22H26O6/c1-2-13-3-5-14(6-4-13)9-15-7-8-16-12-27-22(17(16)10-15)21(26)20(25)19(24)18(11-23)28-22/h3-8,10,18-21,23-26H,2,9,11-12H2,1H3/t18-,19-,20?,21?,22-/m1/s1. The van der Waals surface area contributed by atoms with E-state index in [1.165, 1.54) is 11.1 Å². The molecule has 0 aromatic heterocycles. The van der Waals surface area contributed by atoms with Crippen LogP contribution in [0, 0.1) is 0 Å². The third-order valence-electron chi connectivity index (χ3n) is 5.78. The van der Waals surface area contributed by atoms with E-state index in [1.54, 1.807) is 0 Å². The summed E-state index contributed by atoms with van der Waals surface area (Å²) in [6.07, 6.45) is -3.69. The summed E-state index contributed by atoms with van der Waals surface area (Å²) in [6, 6.07) is 14.3. The Bertz CT molecular complexity index is 833. The molecule has 0 amide bonds. The molecule has 2 unspecified atom stereocenters. The molecule has 5 atom stereocenters.